The van der Waals surface area contributed by atoms with Crippen LogP contribution in [0.4, 0.5) is 5.69 Å². The monoisotopic (exact) mass is 283 g/mol. The van der Waals surface area contributed by atoms with Gasteiger partial charge in [-0.05, 0) is 29.8 Å². The Labute approximate surface area is 123 Å². The fourth-order valence-electron chi connectivity index (χ4n) is 2.57. The number of nitrogens with zero attached hydrogens (tertiary/aromatic N) is 2. The van der Waals surface area contributed by atoms with Crippen LogP contribution < -0.4 is 15.4 Å². The van der Waals surface area contributed by atoms with Gasteiger partial charge in [-0.3, -0.25) is 4.99 Å². The summed E-state index contributed by atoms with van der Waals surface area (Å²) in [7, 11) is 1.53. The van der Waals surface area contributed by atoms with Gasteiger partial charge >= 0.3 is 0 Å². The van der Waals surface area contributed by atoms with E-state index in [4.69, 9.17) is 10.5 Å². The molecule has 0 bridgehead atoms. The van der Waals surface area contributed by atoms with Gasteiger partial charge in [0, 0.05) is 5.69 Å². The molecule has 0 saturated heterocycles. The molecule has 3 N–H and O–H groups in total. The molecule has 1 atom stereocenters. The van der Waals surface area contributed by atoms with Crippen LogP contribution in [0.5, 0.6) is 11.5 Å². The zero-order chi connectivity index (χ0) is 14.8. The highest BCUT2D eigenvalue weighted by Gasteiger charge is 2.29. The van der Waals surface area contributed by atoms with E-state index in [0.29, 0.717) is 18.3 Å². The number of phenols is 1. The van der Waals surface area contributed by atoms with E-state index < -0.39 is 0 Å². The lowest BCUT2D eigenvalue weighted by atomic mass is 10.0. The highest BCUT2D eigenvalue weighted by atomic mass is 16.5. The summed E-state index contributed by atoms with van der Waals surface area (Å²) in [6.07, 6.45) is 0. The lowest BCUT2D eigenvalue weighted by Crippen LogP contribution is -2.36. The Kier molecular flexibility index (Phi) is 3.39. The summed E-state index contributed by atoms with van der Waals surface area (Å²) < 4.78 is 5.08. The van der Waals surface area contributed by atoms with Crippen LogP contribution >= 0.6 is 0 Å². The largest absolute Gasteiger partial charge is 0.504 e. The molecule has 0 fully saturated rings. The van der Waals surface area contributed by atoms with Crippen molar-refractivity contribution in [3.05, 3.63) is 54.1 Å². The topological polar surface area (TPSA) is 71.1 Å². The van der Waals surface area contributed by atoms with Crippen LogP contribution in [-0.4, -0.2) is 24.7 Å². The predicted molar refractivity (Wildman–Crippen MR) is 82.8 cm³/mol. The Hall–Kier alpha value is -2.69. The van der Waals surface area contributed by atoms with Crippen LogP contribution in [0.1, 0.15) is 11.6 Å². The van der Waals surface area contributed by atoms with Gasteiger partial charge in [0.2, 0.25) is 0 Å². The Bertz CT molecular complexity index is 670. The van der Waals surface area contributed by atoms with Gasteiger partial charge in [0.05, 0.1) is 19.7 Å². The van der Waals surface area contributed by atoms with Gasteiger partial charge in [-0.25, -0.2) is 0 Å². The molecule has 0 aliphatic carbocycles. The molecule has 0 aromatic heterocycles. The Morgan fingerprint density at radius 2 is 2.00 bits per heavy atom. The first-order valence-electron chi connectivity index (χ1n) is 6.72. The number of ether oxygens (including phenoxy) is 1. The highest BCUT2D eigenvalue weighted by molar-refractivity contribution is 5.97. The van der Waals surface area contributed by atoms with Gasteiger partial charge in [0.15, 0.2) is 17.5 Å². The van der Waals surface area contributed by atoms with Crippen molar-refractivity contribution in [1.29, 1.82) is 0 Å². The predicted octanol–water partition coefficient (Wildman–Crippen LogP) is 2.28. The molecule has 0 spiro atoms. The zero-order valence-electron chi connectivity index (χ0n) is 11.7. The minimum Gasteiger partial charge on any atom is -0.504 e. The number of hydrogen-bond donors (Lipinski definition) is 2. The Morgan fingerprint density at radius 3 is 2.67 bits per heavy atom. The third-order valence-corrected chi connectivity index (χ3v) is 3.61. The van der Waals surface area contributed by atoms with E-state index in [1.54, 1.807) is 12.1 Å². The smallest absolute Gasteiger partial charge is 0.196 e. The van der Waals surface area contributed by atoms with E-state index in [0.717, 1.165) is 11.3 Å². The van der Waals surface area contributed by atoms with E-state index in [1.807, 2.05) is 41.3 Å². The first-order chi connectivity index (χ1) is 10.2. The number of anilines is 1. The molecule has 21 heavy (non-hydrogen) atoms. The molecule has 0 amide bonds. The summed E-state index contributed by atoms with van der Waals surface area (Å²) >= 11 is 0. The fraction of sp³-hybridized carbons (Fsp3) is 0.188. The zero-order valence-corrected chi connectivity index (χ0v) is 11.7. The molecular formula is C16H17N3O2. The average molecular weight is 283 g/mol. The number of guanidine groups is 1. The van der Waals surface area contributed by atoms with E-state index in [1.165, 1.54) is 7.11 Å². The third kappa shape index (κ3) is 2.38. The lowest BCUT2D eigenvalue weighted by Gasteiger charge is -2.26. The van der Waals surface area contributed by atoms with E-state index in [2.05, 4.69) is 4.99 Å². The second-order valence-electron chi connectivity index (χ2n) is 4.85. The van der Waals surface area contributed by atoms with Crippen molar-refractivity contribution in [2.24, 2.45) is 10.7 Å². The number of aromatic hydroxyl groups is 1. The molecular weight excluding hydrogens is 266 g/mol. The standard InChI is InChI=1S/C16H17N3O2/c1-21-15-8-7-11(9-14(15)20)13-10-18-16(17)19(13)12-5-3-2-4-6-12/h2-9,13,20H,10H2,1H3,(H2,17,18). The minimum absolute atomic E-state index is 0.0239. The van der Waals surface area contributed by atoms with E-state index >= 15 is 0 Å². The van der Waals surface area contributed by atoms with Crippen LogP contribution in [0.25, 0.3) is 0 Å². The average Bonchev–Trinajstić information content (AvgIpc) is 2.90. The fourth-order valence-corrected chi connectivity index (χ4v) is 2.57. The summed E-state index contributed by atoms with van der Waals surface area (Å²) in [6.45, 7) is 0.562. The molecule has 0 radical (unpaired) electrons. The van der Waals surface area contributed by atoms with Gasteiger partial charge in [0.25, 0.3) is 0 Å². The molecule has 3 rings (SSSR count). The van der Waals surface area contributed by atoms with E-state index in [-0.39, 0.29) is 11.8 Å². The van der Waals surface area contributed by atoms with Crippen LogP contribution in [-0.2, 0) is 0 Å². The van der Waals surface area contributed by atoms with Gasteiger partial charge in [0.1, 0.15) is 0 Å². The Balaban J connectivity index is 1.97. The third-order valence-electron chi connectivity index (χ3n) is 3.61. The molecule has 1 aliphatic rings. The number of methoxy groups -OCH3 is 1. The highest BCUT2D eigenvalue weighted by Crippen LogP contribution is 2.35. The van der Waals surface area contributed by atoms with Crippen LogP contribution in [0.15, 0.2) is 53.5 Å². The number of rotatable bonds is 3. The maximum atomic E-state index is 9.96. The number of hydrogen-bond acceptors (Lipinski definition) is 5. The second kappa shape index (κ2) is 5.36. The van der Waals surface area contributed by atoms with Crippen molar-refractivity contribution < 1.29 is 9.84 Å². The van der Waals surface area contributed by atoms with Crippen molar-refractivity contribution in [2.75, 3.05) is 18.6 Å². The van der Waals surface area contributed by atoms with Crippen molar-refractivity contribution in [2.45, 2.75) is 6.04 Å². The number of benzene rings is 2. The number of nitrogens with two attached hydrogens (primary N) is 1. The summed E-state index contributed by atoms with van der Waals surface area (Å²) in [4.78, 5) is 6.30. The van der Waals surface area contributed by atoms with Crippen LogP contribution in [0.3, 0.4) is 0 Å². The summed E-state index contributed by atoms with van der Waals surface area (Å²) in [5.74, 6) is 1.06. The maximum absolute atomic E-state index is 9.96. The van der Waals surface area contributed by atoms with E-state index in [9.17, 15) is 5.11 Å². The van der Waals surface area contributed by atoms with Gasteiger partial charge in [-0.15, -0.1) is 0 Å². The molecule has 1 aliphatic heterocycles. The SMILES string of the molecule is COc1ccc(C2CN=C(N)N2c2ccccc2)cc1O. The molecule has 5 nitrogen and oxygen atoms in total. The number of phenolic OH excluding ortho intramolecular Hbond substituents is 1. The van der Waals surface area contributed by atoms with Crippen molar-refractivity contribution >= 4 is 11.6 Å². The second-order valence-corrected chi connectivity index (χ2v) is 4.85. The van der Waals surface area contributed by atoms with Crippen LogP contribution in [0.2, 0.25) is 0 Å². The molecule has 0 saturated carbocycles. The Morgan fingerprint density at radius 1 is 1.24 bits per heavy atom. The molecule has 1 unspecified atom stereocenters. The van der Waals surface area contributed by atoms with Crippen LogP contribution in [0, 0.1) is 0 Å². The maximum Gasteiger partial charge on any atom is 0.196 e. The van der Waals surface area contributed by atoms with Gasteiger partial charge in [-0.1, -0.05) is 24.3 Å². The first-order valence-corrected chi connectivity index (χ1v) is 6.72. The van der Waals surface area contributed by atoms with Gasteiger partial charge in [-0.2, -0.15) is 0 Å². The molecule has 2 aromatic rings. The summed E-state index contributed by atoms with van der Waals surface area (Å²) in [5, 5.41) is 9.96. The molecule has 5 heteroatoms. The van der Waals surface area contributed by atoms with Crippen molar-refractivity contribution in [3.63, 3.8) is 0 Å². The normalized spacial score (nSPS) is 17.7. The molecule has 1 heterocycles. The first kappa shape index (κ1) is 13.3. The molecule has 2 aromatic carbocycles. The van der Waals surface area contributed by atoms with Crippen molar-refractivity contribution in [1.82, 2.24) is 0 Å². The summed E-state index contributed by atoms with van der Waals surface area (Å²) in [6, 6.07) is 15.2. The lowest BCUT2D eigenvalue weighted by molar-refractivity contribution is 0.373. The van der Waals surface area contributed by atoms with Gasteiger partial charge < -0.3 is 20.5 Å². The number of para-hydroxylation sites is 1. The number of aliphatic imine (C=N–C) groups is 1. The summed E-state index contributed by atoms with van der Waals surface area (Å²) in [5.41, 5.74) is 7.95. The minimum atomic E-state index is -0.0239. The quantitative estimate of drug-likeness (QED) is 0.906. The van der Waals surface area contributed by atoms with Crippen molar-refractivity contribution in [3.8, 4) is 11.5 Å². The molecule has 108 valence electrons.